The molecule has 0 aliphatic heterocycles. The zero-order chi connectivity index (χ0) is 10.6. The lowest BCUT2D eigenvalue weighted by atomic mass is 10.2. The van der Waals surface area contributed by atoms with Crippen LogP contribution in [0.1, 0.15) is 5.56 Å². The van der Waals surface area contributed by atoms with Crippen LogP contribution >= 0.6 is 15.9 Å². The van der Waals surface area contributed by atoms with Crippen LogP contribution in [0, 0.1) is 11.3 Å². The number of hydrogen-bond donors (Lipinski definition) is 2. The van der Waals surface area contributed by atoms with Gasteiger partial charge in [0.2, 0.25) is 0 Å². The summed E-state index contributed by atoms with van der Waals surface area (Å²) < 4.78 is 0.848. The van der Waals surface area contributed by atoms with Gasteiger partial charge in [-0.15, -0.1) is 0 Å². The molecule has 0 saturated heterocycles. The summed E-state index contributed by atoms with van der Waals surface area (Å²) in [4.78, 5) is 0. The molecule has 0 amide bonds. The van der Waals surface area contributed by atoms with Gasteiger partial charge in [0.25, 0.3) is 0 Å². The number of nitriles is 1. The minimum atomic E-state index is 0.561. The highest BCUT2D eigenvalue weighted by Crippen LogP contribution is 2.19. The maximum atomic E-state index is 8.62. The van der Waals surface area contributed by atoms with Crippen molar-refractivity contribution >= 4 is 27.3 Å². The van der Waals surface area contributed by atoms with E-state index in [1.807, 2.05) is 6.07 Å². The number of hydrogen-bond acceptors (Lipinski definition) is 3. The van der Waals surface area contributed by atoms with Crippen LogP contribution < -0.4 is 11.1 Å². The number of halogens is 1. The molecule has 3 nitrogen and oxygen atoms in total. The molecule has 0 unspecified atom stereocenters. The van der Waals surface area contributed by atoms with E-state index < -0.39 is 0 Å². The van der Waals surface area contributed by atoms with Gasteiger partial charge in [0.1, 0.15) is 0 Å². The Morgan fingerprint density at radius 2 is 2.36 bits per heavy atom. The number of nitrogen functional groups attached to an aromatic ring is 1. The van der Waals surface area contributed by atoms with E-state index in [2.05, 4.69) is 27.8 Å². The van der Waals surface area contributed by atoms with Gasteiger partial charge in [0.15, 0.2) is 0 Å². The summed E-state index contributed by atoms with van der Waals surface area (Å²) in [5, 5.41) is 11.7. The van der Waals surface area contributed by atoms with Crippen molar-refractivity contribution in [1.29, 1.82) is 5.26 Å². The first-order valence-electron chi connectivity index (χ1n) is 4.00. The molecule has 1 rings (SSSR count). The molecule has 0 heterocycles. The Hall–Kier alpha value is -1.47. The largest absolute Gasteiger partial charge is 0.397 e. The summed E-state index contributed by atoms with van der Waals surface area (Å²) in [6, 6.07) is 7.16. The second kappa shape index (κ2) is 4.68. The van der Waals surface area contributed by atoms with Crippen molar-refractivity contribution in [2.75, 3.05) is 17.6 Å². The fraction of sp³-hybridized carbons (Fsp3) is 0.100. The molecule has 0 radical (unpaired) electrons. The van der Waals surface area contributed by atoms with Crippen molar-refractivity contribution in [3.05, 3.63) is 34.8 Å². The van der Waals surface area contributed by atoms with Gasteiger partial charge in [-0.2, -0.15) is 5.26 Å². The number of benzene rings is 1. The average molecular weight is 252 g/mol. The summed E-state index contributed by atoms with van der Waals surface area (Å²) >= 11 is 3.23. The van der Waals surface area contributed by atoms with E-state index in [1.165, 1.54) is 0 Å². The Balaban J connectivity index is 2.80. The lowest BCUT2D eigenvalue weighted by Gasteiger charge is -2.08. The molecule has 0 bridgehead atoms. The second-order valence-electron chi connectivity index (χ2n) is 2.78. The van der Waals surface area contributed by atoms with Gasteiger partial charge in [-0.05, 0) is 18.2 Å². The normalized spacial score (nSPS) is 9.14. The maximum Gasteiger partial charge on any atom is 0.0992 e. The molecule has 0 fully saturated rings. The Morgan fingerprint density at radius 3 is 2.86 bits per heavy atom. The van der Waals surface area contributed by atoms with Crippen molar-refractivity contribution in [3.8, 4) is 6.07 Å². The fourth-order valence-electron chi connectivity index (χ4n) is 0.984. The quantitative estimate of drug-likeness (QED) is 0.812. The van der Waals surface area contributed by atoms with Crippen molar-refractivity contribution in [2.45, 2.75) is 0 Å². The lowest BCUT2D eigenvalue weighted by molar-refractivity contribution is 1.33. The summed E-state index contributed by atoms with van der Waals surface area (Å²) in [5.41, 5.74) is 7.66. The van der Waals surface area contributed by atoms with Crippen LogP contribution in [0.3, 0.4) is 0 Å². The van der Waals surface area contributed by atoms with E-state index in [-0.39, 0.29) is 0 Å². The molecule has 72 valence electrons. The Kier molecular flexibility index (Phi) is 3.55. The summed E-state index contributed by atoms with van der Waals surface area (Å²) in [6.45, 7) is 4.30. The van der Waals surface area contributed by atoms with E-state index in [0.29, 0.717) is 17.8 Å². The third-order valence-corrected chi connectivity index (χ3v) is 1.93. The number of nitrogens with zero attached hydrogens (tertiary/aromatic N) is 1. The molecule has 0 aliphatic carbocycles. The fourth-order valence-corrected chi connectivity index (χ4v) is 1.12. The SMILES string of the molecule is C=C(Br)CNc1ccc(C#N)cc1N. The Bertz CT molecular complexity index is 393. The average Bonchev–Trinajstić information content (AvgIpc) is 2.15. The number of anilines is 2. The predicted octanol–water partition coefficient (Wildman–Crippen LogP) is 2.46. The van der Waals surface area contributed by atoms with E-state index in [4.69, 9.17) is 11.0 Å². The molecule has 14 heavy (non-hydrogen) atoms. The van der Waals surface area contributed by atoms with Gasteiger partial charge >= 0.3 is 0 Å². The van der Waals surface area contributed by atoms with Crippen molar-refractivity contribution in [2.24, 2.45) is 0 Å². The highest BCUT2D eigenvalue weighted by atomic mass is 79.9. The van der Waals surface area contributed by atoms with Crippen molar-refractivity contribution in [3.63, 3.8) is 0 Å². The topological polar surface area (TPSA) is 61.8 Å². The zero-order valence-electron chi connectivity index (χ0n) is 7.55. The first-order chi connectivity index (χ1) is 6.63. The highest BCUT2D eigenvalue weighted by molar-refractivity contribution is 9.11. The standard InChI is InChI=1S/C10H10BrN3/c1-7(11)6-14-10-3-2-8(5-12)4-9(10)13/h2-4,14H,1,6,13H2. The number of nitrogens with one attached hydrogen (secondary N) is 1. The maximum absolute atomic E-state index is 8.62. The molecule has 3 N–H and O–H groups in total. The third kappa shape index (κ3) is 2.79. The van der Waals surface area contributed by atoms with Crippen molar-refractivity contribution < 1.29 is 0 Å². The first-order valence-corrected chi connectivity index (χ1v) is 4.79. The lowest BCUT2D eigenvalue weighted by Crippen LogP contribution is -2.03. The smallest absolute Gasteiger partial charge is 0.0992 e. The first kappa shape index (κ1) is 10.6. The van der Waals surface area contributed by atoms with Gasteiger partial charge in [0, 0.05) is 11.0 Å². The van der Waals surface area contributed by atoms with Gasteiger partial charge in [-0.3, -0.25) is 0 Å². The molecule has 0 atom stereocenters. The van der Waals surface area contributed by atoms with Crippen LogP contribution in [0.5, 0.6) is 0 Å². The minimum Gasteiger partial charge on any atom is -0.397 e. The zero-order valence-corrected chi connectivity index (χ0v) is 9.13. The van der Waals surface area contributed by atoms with E-state index >= 15 is 0 Å². The molecule has 1 aromatic carbocycles. The number of rotatable bonds is 3. The monoisotopic (exact) mass is 251 g/mol. The second-order valence-corrected chi connectivity index (χ2v) is 3.91. The molecular weight excluding hydrogens is 242 g/mol. The van der Waals surface area contributed by atoms with Crippen LogP contribution in [0.15, 0.2) is 29.3 Å². The van der Waals surface area contributed by atoms with Gasteiger partial charge in [0.05, 0.1) is 23.0 Å². The van der Waals surface area contributed by atoms with Crippen LogP contribution in [-0.4, -0.2) is 6.54 Å². The third-order valence-electron chi connectivity index (χ3n) is 1.65. The van der Waals surface area contributed by atoms with Gasteiger partial charge in [-0.1, -0.05) is 22.5 Å². The molecule has 0 saturated carbocycles. The predicted molar refractivity (Wildman–Crippen MR) is 62.1 cm³/mol. The van der Waals surface area contributed by atoms with Crippen molar-refractivity contribution in [1.82, 2.24) is 0 Å². The van der Waals surface area contributed by atoms with Crippen LogP contribution in [-0.2, 0) is 0 Å². The minimum absolute atomic E-state index is 0.561. The Morgan fingerprint density at radius 1 is 1.64 bits per heavy atom. The van der Waals surface area contributed by atoms with Crippen LogP contribution in [0.2, 0.25) is 0 Å². The summed E-state index contributed by atoms with van der Waals surface area (Å²) in [7, 11) is 0. The van der Waals surface area contributed by atoms with Crippen LogP contribution in [0.4, 0.5) is 11.4 Å². The van der Waals surface area contributed by atoms with Crippen LogP contribution in [0.25, 0.3) is 0 Å². The molecular formula is C10H10BrN3. The van der Waals surface area contributed by atoms with E-state index in [1.54, 1.807) is 18.2 Å². The summed E-state index contributed by atoms with van der Waals surface area (Å²) in [6.07, 6.45) is 0. The molecule has 1 aromatic rings. The molecule has 0 aliphatic rings. The van der Waals surface area contributed by atoms with Gasteiger partial charge in [-0.25, -0.2) is 0 Å². The highest BCUT2D eigenvalue weighted by Gasteiger charge is 1.99. The summed E-state index contributed by atoms with van der Waals surface area (Å²) in [5.74, 6) is 0. The molecule has 0 spiro atoms. The molecule has 4 heteroatoms. The van der Waals surface area contributed by atoms with E-state index in [9.17, 15) is 0 Å². The van der Waals surface area contributed by atoms with E-state index in [0.717, 1.165) is 10.2 Å². The number of nitrogens with two attached hydrogens (primary N) is 1. The molecule has 0 aromatic heterocycles. The van der Waals surface area contributed by atoms with Gasteiger partial charge < -0.3 is 11.1 Å². The Labute approximate surface area is 91.4 Å².